The van der Waals surface area contributed by atoms with Gasteiger partial charge in [-0.25, -0.2) is 4.98 Å². The fourth-order valence-electron chi connectivity index (χ4n) is 3.62. The molecule has 1 aromatic carbocycles. The van der Waals surface area contributed by atoms with Crippen LogP contribution in [0.5, 0.6) is 0 Å². The highest BCUT2D eigenvalue weighted by Gasteiger charge is 2.43. The Hall–Kier alpha value is -3.00. The highest BCUT2D eigenvalue weighted by Crippen LogP contribution is 2.25. The van der Waals surface area contributed by atoms with E-state index in [1.54, 1.807) is 4.90 Å². The molecule has 2 amide bonds. The summed E-state index contributed by atoms with van der Waals surface area (Å²) in [7, 11) is 0. The number of fused-ring (bicyclic) bond motifs is 1. The van der Waals surface area contributed by atoms with Crippen LogP contribution < -0.4 is 5.56 Å². The molecule has 8 nitrogen and oxygen atoms in total. The van der Waals surface area contributed by atoms with Crippen molar-refractivity contribution >= 4 is 11.8 Å². The van der Waals surface area contributed by atoms with Crippen LogP contribution in [0.3, 0.4) is 0 Å². The molecule has 1 aromatic heterocycles. The van der Waals surface area contributed by atoms with Gasteiger partial charge in [-0.1, -0.05) is 30.3 Å². The van der Waals surface area contributed by atoms with Gasteiger partial charge in [-0.2, -0.15) is 0 Å². The molecule has 2 atom stereocenters. The van der Waals surface area contributed by atoms with E-state index in [2.05, 4.69) is 9.97 Å². The van der Waals surface area contributed by atoms with Crippen LogP contribution in [0.15, 0.2) is 47.5 Å². The fourth-order valence-corrected chi connectivity index (χ4v) is 3.62. The van der Waals surface area contributed by atoms with Crippen molar-refractivity contribution < 1.29 is 14.3 Å². The van der Waals surface area contributed by atoms with Crippen LogP contribution in [-0.4, -0.2) is 63.4 Å². The molecule has 0 unspecified atom stereocenters. The molecule has 2 fully saturated rings. The van der Waals surface area contributed by atoms with E-state index in [-0.39, 0.29) is 35.2 Å². The number of hydrogen-bond acceptors (Lipinski definition) is 5. The van der Waals surface area contributed by atoms with Gasteiger partial charge in [0.1, 0.15) is 5.69 Å². The average molecular weight is 368 g/mol. The summed E-state index contributed by atoms with van der Waals surface area (Å²) >= 11 is 0. The normalized spacial score (nSPS) is 22.4. The molecule has 0 spiro atoms. The summed E-state index contributed by atoms with van der Waals surface area (Å²) in [5.74, 6) is -0.252. The van der Waals surface area contributed by atoms with Gasteiger partial charge in [-0.3, -0.25) is 14.4 Å². The molecule has 27 heavy (non-hydrogen) atoms. The minimum absolute atomic E-state index is 0.0304. The predicted molar refractivity (Wildman–Crippen MR) is 95.9 cm³/mol. The lowest BCUT2D eigenvalue weighted by Crippen LogP contribution is -2.45. The highest BCUT2D eigenvalue weighted by molar-refractivity contribution is 5.92. The summed E-state index contributed by atoms with van der Waals surface area (Å²) in [4.78, 5) is 46.3. The van der Waals surface area contributed by atoms with Crippen molar-refractivity contribution in [1.29, 1.82) is 0 Å². The van der Waals surface area contributed by atoms with Crippen LogP contribution in [0.4, 0.5) is 0 Å². The number of H-pyrrole nitrogens is 1. The first kappa shape index (κ1) is 17.4. The molecule has 2 aliphatic rings. The summed E-state index contributed by atoms with van der Waals surface area (Å²) in [6, 6.07) is 9.58. The minimum Gasteiger partial charge on any atom is -0.374 e. The maximum absolute atomic E-state index is 12.7. The topological polar surface area (TPSA) is 95.6 Å². The number of benzene rings is 1. The maximum atomic E-state index is 12.7. The standard InChI is InChI=1S/C19H20N4O4/c24-17-9-20-14(8-21-17)19(26)22-11-15-16(12-22)27-7-6-18(25)23(15)10-13-4-2-1-3-5-13/h1-5,8-9,15-16H,6-7,10-12H2,(H,21,24)/t15-,16-/m0/s1. The lowest BCUT2D eigenvalue weighted by atomic mass is 10.1. The summed E-state index contributed by atoms with van der Waals surface area (Å²) in [5, 5.41) is 0. The minimum atomic E-state index is -0.360. The van der Waals surface area contributed by atoms with Crippen LogP contribution in [0, 0.1) is 0 Å². The van der Waals surface area contributed by atoms with E-state index in [0.717, 1.165) is 11.8 Å². The van der Waals surface area contributed by atoms with E-state index < -0.39 is 0 Å². The van der Waals surface area contributed by atoms with Gasteiger partial charge in [0.25, 0.3) is 11.5 Å². The predicted octanol–water partition coefficient (Wildman–Crippen LogP) is 0.412. The Morgan fingerprint density at radius 2 is 2.04 bits per heavy atom. The summed E-state index contributed by atoms with van der Waals surface area (Å²) in [6.07, 6.45) is 2.51. The van der Waals surface area contributed by atoms with Gasteiger partial charge in [0.2, 0.25) is 5.91 Å². The number of likely N-dealkylation sites (tertiary alicyclic amines) is 1. The number of ether oxygens (including phenoxy) is 1. The SMILES string of the molecule is O=C(c1c[nH]c(=O)cn1)N1C[C@@H]2OCCC(=O)N(Cc3ccccc3)[C@H]2C1. The van der Waals surface area contributed by atoms with E-state index in [9.17, 15) is 14.4 Å². The lowest BCUT2D eigenvalue weighted by molar-refractivity contribution is -0.133. The third-order valence-electron chi connectivity index (χ3n) is 4.98. The van der Waals surface area contributed by atoms with Gasteiger partial charge in [0.15, 0.2) is 0 Å². The van der Waals surface area contributed by atoms with Gasteiger partial charge < -0.3 is 19.5 Å². The second-order valence-corrected chi connectivity index (χ2v) is 6.74. The molecule has 1 N–H and O–H groups in total. The molecule has 2 saturated heterocycles. The second kappa shape index (κ2) is 7.32. The molecular weight excluding hydrogens is 348 g/mol. The van der Waals surface area contributed by atoms with E-state index in [1.807, 2.05) is 35.2 Å². The van der Waals surface area contributed by atoms with Crippen LogP contribution >= 0.6 is 0 Å². The molecule has 0 saturated carbocycles. The Morgan fingerprint density at radius 3 is 2.78 bits per heavy atom. The molecule has 3 heterocycles. The van der Waals surface area contributed by atoms with Crippen LogP contribution in [0.2, 0.25) is 0 Å². The zero-order valence-corrected chi connectivity index (χ0v) is 14.7. The van der Waals surface area contributed by atoms with Gasteiger partial charge in [0.05, 0.1) is 31.4 Å². The highest BCUT2D eigenvalue weighted by atomic mass is 16.5. The summed E-state index contributed by atoms with van der Waals surface area (Å²) < 4.78 is 5.87. The van der Waals surface area contributed by atoms with Crippen molar-refractivity contribution in [3.63, 3.8) is 0 Å². The molecule has 0 aliphatic carbocycles. The van der Waals surface area contributed by atoms with Crippen LogP contribution in [0.25, 0.3) is 0 Å². The molecule has 0 radical (unpaired) electrons. The molecule has 4 rings (SSSR count). The fraction of sp³-hybridized carbons (Fsp3) is 0.368. The second-order valence-electron chi connectivity index (χ2n) is 6.74. The Labute approximate surface area is 155 Å². The zero-order chi connectivity index (χ0) is 18.8. The van der Waals surface area contributed by atoms with Gasteiger partial charge in [-0.05, 0) is 5.56 Å². The van der Waals surface area contributed by atoms with Crippen molar-refractivity contribution in [2.75, 3.05) is 19.7 Å². The molecule has 2 aromatic rings. The summed E-state index contributed by atoms with van der Waals surface area (Å²) in [5.41, 5.74) is 0.853. The lowest BCUT2D eigenvalue weighted by Gasteiger charge is -2.29. The number of rotatable bonds is 3. The van der Waals surface area contributed by atoms with Crippen molar-refractivity contribution in [3.8, 4) is 0 Å². The first-order valence-electron chi connectivity index (χ1n) is 8.91. The van der Waals surface area contributed by atoms with E-state index >= 15 is 0 Å². The first-order chi connectivity index (χ1) is 13.1. The van der Waals surface area contributed by atoms with Gasteiger partial charge in [-0.15, -0.1) is 0 Å². The van der Waals surface area contributed by atoms with Crippen molar-refractivity contribution in [2.24, 2.45) is 0 Å². The van der Waals surface area contributed by atoms with E-state index in [0.29, 0.717) is 32.7 Å². The monoisotopic (exact) mass is 368 g/mol. The Bertz CT molecular complexity index is 878. The number of aromatic nitrogens is 2. The number of hydrogen-bond donors (Lipinski definition) is 1. The van der Waals surface area contributed by atoms with E-state index in [1.165, 1.54) is 6.20 Å². The molecule has 140 valence electrons. The number of carbonyl (C=O) groups is 2. The van der Waals surface area contributed by atoms with Crippen LogP contribution in [-0.2, 0) is 16.1 Å². The largest absolute Gasteiger partial charge is 0.374 e. The smallest absolute Gasteiger partial charge is 0.274 e. The van der Waals surface area contributed by atoms with Crippen LogP contribution in [0.1, 0.15) is 22.5 Å². The first-order valence-corrected chi connectivity index (χ1v) is 8.91. The van der Waals surface area contributed by atoms with Crippen molar-refractivity contribution in [1.82, 2.24) is 19.8 Å². The number of aromatic amines is 1. The third-order valence-corrected chi connectivity index (χ3v) is 4.98. The Morgan fingerprint density at radius 1 is 1.22 bits per heavy atom. The summed E-state index contributed by atoms with van der Waals surface area (Å²) in [6.45, 7) is 1.61. The maximum Gasteiger partial charge on any atom is 0.274 e. The Kier molecular flexibility index (Phi) is 4.72. The number of nitrogens with zero attached hydrogens (tertiary/aromatic N) is 3. The number of nitrogens with one attached hydrogen (secondary N) is 1. The average Bonchev–Trinajstić information content (AvgIpc) is 3.05. The zero-order valence-electron chi connectivity index (χ0n) is 14.7. The van der Waals surface area contributed by atoms with Gasteiger partial charge >= 0.3 is 0 Å². The van der Waals surface area contributed by atoms with E-state index in [4.69, 9.17) is 4.74 Å². The van der Waals surface area contributed by atoms with Crippen molar-refractivity contribution in [3.05, 3.63) is 64.3 Å². The Balaban J connectivity index is 1.54. The van der Waals surface area contributed by atoms with Crippen molar-refractivity contribution in [2.45, 2.75) is 25.1 Å². The molecule has 0 bridgehead atoms. The molecule has 8 heteroatoms. The quantitative estimate of drug-likeness (QED) is 0.847. The van der Waals surface area contributed by atoms with Gasteiger partial charge in [0, 0.05) is 25.8 Å². The number of amides is 2. The molecular formula is C19H20N4O4. The third kappa shape index (κ3) is 3.61. The molecule has 2 aliphatic heterocycles. The number of carbonyl (C=O) groups excluding carboxylic acids is 2.